The second-order valence-electron chi connectivity index (χ2n) is 7.03. The highest BCUT2D eigenvalue weighted by Gasteiger charge is 2.22. The van der Waals surface area contributed by atoms with Crippen LogP contribution in [0.2, 0.25) is 0 Å². The molecule has 0 N–H and O–H groups in total. The van der Waals surface area contributed by atoms with E-state index in [1.807, 2.05) is 6.07 Å². The zero-order valence-corrected chi connectivity index (χ0v) is 16.2. The lowest BCUT2D eigenvalue weighted by Gasteiger charge is -2.37. The van der Waals surface area contributed by atoms with E-state index in [0.29, 0.717) is 38.1 Å². The van der Waals surface area contributed by atoms with Crippen LogP contribution in [0.1, 0.15) is 0 Å². The van der Waals surface area contributed by atoms with Gasteiger partial charge in [0.2, 0.25) is 5.95 Å². The Morgan fingerprint density at radius 2 is 1.57 bits per heavy atom. The van der Waals surface area contributed by atoms with E-state index in [2.05, 4.69) is 19.7 Å². The molecule has 0 unspecified atom stereocenters. The first kappa shape index (κ1) is 18.5. The Hall–Kier alpha value is -2.88. The van der Waals surface area contributed by atoms with Crippen LogP contribution in [0.25, 0.3) is 0 Å². The molecule has 2 aliphatic heterocycles. The topological polar surface area (TPSA) is 88.7 Å². The van der Waals surface area contributed by atoms with Crippen molar-refractivity contribution in [2.75, 3.05) is 67.2 Å². The van der Waals surface area contributed by atoms with Crippen LogP contribution in [-0.2, 0) is 18.8 Å². The van der Waals surface area contributed by atoms with Gasteiger partial charge in [0.25, 0.3) is 5.56 Å². The second-order valence-corrected chi connectivity index (χ2v) is 7.03. The summed E-state index contributed by atoms with van der Waals surface area (Å²) in [5.41, 5.74) is -0.603. The minimum Gasteiger partial charge on any atom is -0.378 e. The molecule has 0 bridgehead atoms. The molecule has 2 aromatic rings. The molecule has 0 spiro atoms. The lowest BCUT2D eigenvalue weighted by Crippen LogP contribution is -2.50. The van der Waals surface area contributed by atoms with E-state index in [-0.39, 0.29) is 11.2 Å². The molecule has 4 heterocycles. The van der Waals surface area contributed by atoms with E-state index in [1.54, 1.807) is 13.2 Å². The number of piperazine rings is 1. The second kappa shape index (κ2) is 7.63. The Balaban J connectivity index is 1.48. The smallest absolute Gasteiger partial charge is 0.332 e. The number of aromatic nitrogens is 4. The van der Waals surface area contributed by atoms with Crippen molar-refractivity contribution in [2.24, 2.45) is 14.1 Å². The van der Waals surface area contributed by atoms with Crippen molar-refractivity contribution in [1.82, 2.24) is 19.1 Å². The van der Waals surface area contributed by atoms with Crippen molar-refractivity contribution in [3.8, 4) is 0 Å². The predicted molar refractivity (Wildman–Crippen MR) is 106 cm³/mol. The van der Waals surface area contributed by atoms with Crippen LogP contribution in [0.5, 0.6) is 0 Å². The monoisotopic (exact) mass is 387 g/mol. The molecular weight excluding hydrogens is 362 g/mol. The molecule has 2 aliphatic rings. The first-order chi connectivity index (χ1) is 13.5. The third-order valence-electron chi connectivity index (χ3n) is 5.35. The number of rotatable bonds is 3. The van der Waals surface area contributed by atoms with Crippen molar-refractivity contribution in [1.29, 1.82) is 0 Å². The van der Waals surface area contributed by atoms with Crippen molar-refractivity contribution in [3.63, 3.8) is 0 Å². The van der Waals surface area contributed by atoms with Gasteiger partial charge in [-0.15, -0.1) is 0 Å². The van der Waals surface area contributed by atoms with Crippen LogP contribution >= 0.6 is 0 Å². The molecule has 0 saturated carbocycles. The summed E-state index contributed by atoms with van der Waals surface area (Å²) in [7, 11) is 3.18. The molecule has 4 rings (SSSR count). The summed E-state index contributed by atoms with van der Waals surface area (Å²) in [5, 5.41) is 0. The molecular formula is C18H25N7O3. The van der Waals surface area contributed by atoms with E-state index >= 15 is 0 Å². The lowest BCUT2D eigenvalue weighted by atomic mass is 10.3. The quantitative estimate of drug-likeness (QED) is 0.665. The van der Waals surface area contributed by atoms with E-state index in [4.69, 9.17) is 9.72 Å². The summed E-state index contributed by atoms with van der Waals surface area (Å²) in [6, 6.07) is 3.45. The van der Waals surface area contributed by atoms with Crippen molar-refractivity contribution < 1.29 is 4.74 Å². The Kier molecular flexibility index (Phi) is 5.03. The molecule has 2 saturated heterocycles. The SMILES string of the molecule is Cn1c(N2CCN(c3nccc(N4CCOCC4)n3)CC2)cc(=O)n(C)c1=O. The van der Waals surface area contributed by atoms with E-state index in [1.165, 1.54) is 17.7 Å². The van der Waals surface area contributed by atoms with Crippen LogP contribution in [0.3, 0.4) is 0 Å². The highest BCUT2D eigenvalue weighted by molar-refractivity contribution is 5.46. The largest absolute Gasteiger partial charge is 0.378 e. The standard InChI is InChI=1S/C18H25N7O3/c1-21-15(13-16(26)22(2)18(21)27)24-5-7-25(8-6-24)17-19-4-3-14(20-17)23-9-11-28-12-10-23/h3-4,13H,5-12H2,1-2H3. The van der Waals surface area contributed by atoms with Gasteiger partial charge >= 0.3 is 5.69 Å². The van der Waals surface area contributed by atoms with Gasteiger partial charge in [-0.2, -0.15) is 4.98 Å². The number of ether oxygens (including phenoxy) is 1. The maximum absolute atomic E-state index is 12.2. The molecule has 0 radical (unpaired) electrons. The fourth-order valence-corrected chi connectivity index (χ4v) is 3.62. The fraction of sp³-hybridized carbons (Fsp3) is 0.556. The Bertz CT molecular complexity index is 956. The van der Waals surface area contributed by atoms with Gasteiger partial charge in [-0.3, -0.25) is 13.9 Å². The molecule has 0 aliphatic carbocycles. The summed E-state index contributed by atoms with van der Waals surface area (Å²) in [6.45, 7) is 5.91. The van der Waals surface area contributed by atoms with Crippen molar-refractivity contribution in [2.45, 2.75) is 0 Å². The van der Waals surface area contributed by atoms with Crippen molar-refractivity contribution in [3.05, 3.63) is 39.2 Å². The predicted octanol–water partition coefficient (Wildman–Crippen LogP) is -0.963. The number of hydrogen-bond acceptors (Lipinski definition) is 8. The van der Waals surface area contributed by atoms with Crippen molar-refractivity contribution >= 4 is 17.6 Å². The summed E-state index contributed by atoms with van der Waals surface area (Å²) < 4.78 is 8.04. The normalized spacial score (nSPS) is 17.9. The third-order valence-corrected chi connectivity index (χ3v) is 5.35. The third kappa shape index (κ3) is 3.47. The minimum absolute atomic E-state index is 0.290. The molecule has 10 nitrogen and oxygen atoms in total. The molecule has 2 fully saturated rings. The first-order valence-corrected chi connectivity index (χ1v) is 9.47. The van der Waals surface area contributed by atoms with Crippen LogP contribution in [0.4, 0.5) is 17.6 Å². The Morgan fingerprint density at radius 3 is 2.29 bits per heavy atom. The summed E-state index contributed by atoms with van der Waals surface area (Å²) in [5.74, 6) is 2.28. The van der Waals surface area contributed by atoms with Gasteiger partial charge in [0.15, 0.2) is 0 Å². The van der Waals surface area contributed by atoms with Gasteiger partial charge < -0.3 is 19.4 Å². The maximum atomic E-state index is 12.2. The van der Waals surface area contributed by atoms with E-state index < -0.39 is 0 Å². The first-order valence-electron chi connectivity index (χ1n) is 9.47. The van der Waals surface area contributed by atoms with E-state index in [9.17, 15) is 9.59 Å². The zero-order valence-electron chi connectivity index (χ0n) is 16.2. The lowest BCUT2D eigenvalue weighted by molar-refractivity contribution is 0.122. The maximum Gasteiger partial charge on any atom is 0.332 e. The zero-order chi connectivity index (χ0) is 19.7. The van der Waals surface area contributed by atoms with Crippen LogP contribution in [0, 0.1) is 0 Å². The number of nitrogens with zero attached hydrogens (tertiary/aromatic N) is 7. The van der Waals surface area contributed by atoms with Gasteiger partial charge in [0.1, 0.15) is 11.6 Å². The molecule has 0 aromatic carbocycles. The molecule has 0 amide bonds. The van der Waals surface area contributed by atoms with Gasteiger partial charge in [-0.1, -0.05) is 0 Å². The number of morpholine rings is 1. The van der Waals surface area contributed by atoms with Gasteiger partial charge in [0, 0.05) is 65.6 Å². The number of hydrogen-bond donors (Lipinski definition) is 0. The highest BCUT2D eigenvalue weighted by Crippen LogP contribution is 2.19. The minimum atomic E-state index is -0.313. The molecule has 0 atom stereocenters. The van der Waals surface area contributed by atoms with Gasteiger partial charge in [0.05, 0.1) is 13.2 Å². The summed E-state index contributed by atoms with van der Waals surface area (Å²) >= 11 is 0. The average Bonchev–Trinajstić information content (AvgIpc) is 2.76. The average molecular weight is 387 g/mol. The van der Waals surface area contributed by atoms with Gasteiger partial charge in [-0.25, -0.2) is 9.78 Å². The summed E-state index contributed by atoms with van der Waals surface area (Å²) in [4.78, 5) is 39.8. The molecule has 2 aromatic heterocycles. The van der Waals surface area contributed by atoms with E-state index in [0.717, 1.165) is 36.6 Å². The van der Waals surface area contributed by atoms with Crippen LogP contribution in [0.15, 0.2) is 27.9 Å². The molecule has 28 heavy (non-hydrogen) atoms. The van der Waals surface area contributed by atoms with Gasteiger partial charge in [-0.05, 0) is 6.07 Å². The summed E-state index contributed by atoms with van der Waals surface area (Å²) in [6.07, 6.45) is 1.80. The van der Waals surface area contributed by atoms with Crippen LogP contribution < -0.4 is 25.9 Å². The number of anilines is 3. The fourth-order valence-electron chi connectivity index (χ4n) is 3.62. The molecule has 10 heteroatoms. The Labute approximate surface area is 162 Å². The highest BCUT2D eigenvalue weighted by atomic mass is 16.5. The molecule has 150 valence electrons. The Morgan fingerprint density at radius 1 is 0.893 bits per heavy atom. The van der Waals surface area contributed by atoms with Crippen LogP contribution in [-0.4, -0.2) is 71.6 Å².